The third-order valence-corrected chi connectivity index (χ3v) is 3.13. The van der Waals surface area contributed by atoms with Crippen LogP contribution in [0.25, 0.3) is 0 Å². The molecule has 0 aliphatic carbocycles. The third kappa shape index (κ3) is 2.79. The SMILES string of the molecule is CC(C)(CCCl)c1cc(Cl)ccc1Cl. The molecule has 0 unspecified atom stereocenters. The Kier molecular flexibility index (Phi) is 4.12. The van der Waals surface area contributed by atoms with Crippen molar-refractivity contribution in [1.29, 1.82) is 0 Å². The maximum absolute atomic E-state index is 6.11. The van der Waals surface area contributed by atoms with Gasteiger partial charge >= 0.3 is 0 Å². The van der Waals surface area contributed by atoms with E-state index in [1.54, 1.807) is 6.07 Å². The lowest BCUT2D eigenvalue weighted by molar-refractivity contribution is 0.509. The molecule has 0 atom stereocenters. The number of alkyl halides is 1. The van der Waals surface area contributed by atoms with Gasteiger partial charge in [-0.05, 0) is 35.6 Å². The molecule has 14 heavy (non-hydrogen) atoms. The van der Waals surface area contributed by atoms with Crippen LogP contribution in [0, 0.1) is 0 Å². The molecule has 1 aromatic carbocycles. The van der Waals surface area contributed by atoms with E-state index >= 15 is 0 Å². The van der Waals surface area contributed by atoms with Crippen molar-refractivity contribution in [3.63, 3.8) is 0 Å². The molecule has 0 aromatic heterocycles. The molecule has 0 saturated carbocycles. The monoisotopic (exact) mass is 250 g/mol. The van der Waals surface area contributed by atoms with Crippen LogP contribution in [-0.2, 0) is 5.41 Å². The molecule has 0 fully saturated rings. The molecule has 0 spiro atoms. The highest BCUT2D eigenvalue weighted by Crippen LogP contribution is 2.34. The van der Waals surface area contributed by atoms with Crippen LogP contribution in [0.4, 0.5) is 0 Å². The van der Waals surface area contributed by atoms with E-state index in [4.69, 9.17) is 34.8 Å². The first-order valence-corrected chi connectivity index (χ1v) is 5.78. The molecule has 0 aliphatic heterocycles. The second kappa shape index (κ2) is 4.74. The average Bonchev–Trinajstić information content (AvgIpc) is 2.09. The summed E-state index contributed by atoms with van der Waals surface area (Å²) in [5.74, 6) is 0.621. The minimum Gasteiger partial charge on any atom is -0.127 e. The Morgan fingerprint density at radius 3 is 2.43 bits per heavy atom. The molecular formula is C11H13Cl3. The van der Waals surface area contributed by atoms with Gasteiger partial charge in [0.2, 0.25) is 0 Å². The third-order valence-electron chi connectivity index (χ3n) is 2.38. The molecular weight excluding hydrogens is 238 g/mol. The highest BCUT2D eigenvalue weighted by Gasteiger charge is 2.22. The van der Waals surface area contributed by atoms with Crippen molar-refractivity contribution in [1.82, 2.24) is 0 Å². The largest absolute Gasteiger partial charge is 0.127 e. The summed E-state index contributed by atoms with van der Waals surface area (Å²) in [6.45, 7) is 4.24. The van der Waals surface area contributed by atoms with Gasteiger partial charge in [0, 0.05) is 15.9 Å². The summed E-state index contributed by atoms with van der Waals surface area (Å²) in [4.78, 5) is 0. The number of halogens is 3. The summed E-state index contributed by atoms with van der Waals surface area (Å²) in [7, 11) is 0. The molecule has 3 heteroatoms. The highest BCUT2D eigenvalue weighted by molar-refractivity contribution is 6.33. The van der Waals surface area contributed by atoms with Gasteiger partial charge in [0.15, 0.2) is 0 Å². The molecule has 1 rings (SSSR count). The number of benzene rings is 1. The van der Waals surface area contributed by atoms with Crippen molar-refractivity contribution in [3.8, 4) is 0 Å². The highest BCUT2D eigenvalue weighted by atomic mass is 35.5. The van der Waals surface area contributed by atoms with E-state index in [0.717, 1.165) is 17.0 Å². The van der Waals surface area contributed by atoms with E-state index in [1.807, 2.05) is 12.1 Å². The number of rotatable bonds is 3. The van der Waals surface area contributed by atoms with Crippen molar-refractivity contribution < 1.29 is 0 Å². The maximum atomic E-state index is 6.11. The number of hydrogen-bond donors (Lipinski definition) is 0. The lowest BCUT2D eigenvalue weighted by Crippen LogP contribution is -2.18. The second-order valence-electron chi connectivity index (χ2n) is 3.95. The fourth-order valence-corrected chi connectivity index (χ4v) is 2.40. The predicted octanol–water partition coefficient (Wildman–Crippen LogP) is 4.90. The normalized spacial score (nSPS) is 11.8. The summed E-state index contributed by atoms with van der Waals surface area (Å²) in [6.07, 6.45) is 0.884. The Labute approximate surface area is 100 Å². The standard InChI is InChI=1S/C11H13Cl3/c1-11(2,5-6-12)9-7-8(13)3-4-10(9)14/h3-4,7H,5-6H2,1-2H3. The molecule has 0 saturated heterocycles. The van der Waals surface area contributed by atoms with E-state index in [0.29, 0.717) is 10.9 Å². The lowest BCUT2D eigenvalue weighted by Gasteiger charge is -2.25. The van der Waals surface area contributed by atoms with Gasteiger partial charge in [0.1, 0.15) is 0 Å². The molecule has 0 aliphatic rings. The predicted molar refractivity (Wildman–Crippen MR) is 64.8 cm³/mol. The van der Waals surface area contributed by atoms with Crippen LogP contribution < -0.4 is 0 Å². The minimum atomic E-state index is -0.0241. The Morgan fingerprint density at radius 1 is 1.21 bits per heavy atom. The van der Waals surface area contributed by atoms with Gasteiger partial charge in [-0.1, -0.05) is 37.0 Å². The zero-order chi connectivity index (χ0) is 10.8. The average molecular weight is 252 g/mol. The Balaban J connectivity index is 3.10. The molecule has 78 valence electrons. The first-order chi connectivity index (χ1) is 6.47. The van der Waals surface area contributed by atoms with Crippen molar-refractivity contribution in [3.05, 3.63) is 33.8 Å². The van der Waals surface area contributed by atoms with E-state index in [9.17, 15) is 0 Å². The van der Waals surface area contributed by atoms with E-state index < -0.39 is 0 Å². The Bertz CT molecular complexity index is 318. The summed E-state index contributed by atoms with van der Waals surface area (Å²) in [5.41, 5.74) is 1.04. The van der Waals surface area contributed by atoms with Gasteiger partial charge in [0.05, 0.1) is 0 Å². The van der Waals surface area contributed by atoms with Crippen molar-refractivity contribution in [2.45, 2.75) is 25.7 Å². The van der Waals surface area contributed by atoms with Crippen LogP contribution in [0.1, 0.15) is 25.8 Å². The molecule has 0 radical (unpaired) electrons. The van der Waals surface area contributed by atoms with Gasteiger partial charge in [-0.25, -0.2) is 0 Å². The lowest BCUT2D eigenvalue weighted by atomic mass is 9.82. The van der Waals surface area contributed by atoms with E-state index in [-0.39, 0.29) is 5.41 Å². The van der Waals surface area contributed by atoms with Crippen LogP contribution in [0.15, 0.2) is 18.2 Å². The van der Waals surface area contributed by atoms with Gasteiger partial charge in [-0.2, -0.15) is 0 Å². The van der Waals surface area contributed by atoms with Gasteiger partial charge < -0.3 is 0 Å². The Morgan fingerprint density at radius 2 is 1.86 bits per heavy atom. The van der Waals surface area contributed by atoms with Crippen molar-refractivity contribution in [2.24, 2.45) is 0 Å². The van der Waals surface area contributed by atoms with Crippen LogP contribution in [-0.4, -0.2) is 5.88 Å². The zero-order valence-electron chi connectivity index (χ0n) is 8.28. The minimum absolute atomic E-state index is 0.0241. The smallest absolute Gasteiger partial charge is 0.0444 e. The fraction of sp³-hybridized carbons (Fsp3) is 0.455. The zero-order valence-corrected chi connectivity index (χ0v) is 10.5. The first kappa shape index (κ1) is 12.2. The van der Waals surface area contributed by atoms with E-state index in [1.165, 1.54) is 0 Å². The van der Waals surface area contributed by atoms with Crippen LogP contribution in [0.2, 0.25) is 10.0 Å². The number of hydrogen-bond acceptors (Lipinski definition) is 0. The van der Waals surface area contributed by atoms with Crippen LogP contribution >= 0.6 is 34.8 Å². The van der Waals surface area contributed by atoms with Crippen molar-refractivity contribution >= 4 is 34.8 Å². The Hall–Kier alpha value is 0.0900. The molecule has 0 N–H and O–H groups in total. The van der Waals surface area contributed by atoms with E-state index in [2.05, 4.69) is 13.8 Å². The molecule has 0 amide bonds. The molecule has 0 heterocycles. The van der Waals surface area contributed by atoms with Gasteiger partial charge in [-0.15, -0.1) is 11.6 Å². The quantitative estimate of drug-likeness (QED) is 0.670. The summed E-state index contributed by atoms with van der Waals surface area (Å²) in [6, 6.07) is 5.54. The van der Waals surface area contributed by atoms with Crippen LogP contribution in [0.3, 0.4) is 0 Å². The van der Waals surface area contributed by atoms with Crippen LogP contribution in [0.5, 0.6) is 0 Å². The topological polar surface area (TPSA) is 0 Å². The second-order valence-corrected chi connectivity index (χ2v) is 5.17. The molecule has 1 aromatic rings. The summed E-state index contributed by atoms with van der Waals surface area (Å²) < 4.78 is 0. The summed E-state index contributed by atoms with van der Waals surface area (Å²) in [5, 5.41) is 1.47. The first-order valence-electron chi connectivity index (χ1n) is 4.49. The fourth-order valence-electron chi connectivity index (χ4n) is 1.39. The van der Waals surface area contributed by atoms with Gasteiger partial charge in [0.25, 0.3) is 0 Å². The molecule has 0 nitrogen and oxygen atoms in total. The maximum Gasteiger partial charge on any atom is 0.0444 e. The molecule has 0 bridgehead atoms. The van der Waals surface area contributed by atoms with Gasteiger partial charge in [-0.3, -0.25) is 0 Å². The summed E-state index contributed by atoms with van der Waals surface area (Å²) >= 11 is 17.8. The van der Waals surface area contributed by atoms with Crippen molar-refractivity contribution in [2.75, 3.05) is 5.88 Å².